The minimum absolute atomic E-state index is 0.704. The van der Waals surface area contributed by atoms with Crippen molar-refractivity contribution in [2.24, 2.45) is 0 Å². The molecule has 0 aromatic rings. The highest BCUT2D eigenvalue weighted by molar-refractivity contribution is 6.59. The van der Waals surface area contributed by atoms with Gasteiger partial charge in [-0.25, -0.2) is 0 Å². The van der Waals surface area contributed by atoms with Crippen LogP contribution in [0.5, 0.6) is 0 Å². The molecule has 4 heteroatoms. The van der Waals surface area contributed by atoms with Crippen LogP contribution >= 0.6 is 0 Å². The largest absolute Gasteiger partial charge is 0.497 e. The highest BCUT2D eigenvalue weighted by Gasteiger charge is 2.34. The maximum Gasteiger partial charge on any atom is 0.497 e. The van der Waals surface area contributed by atoms with Crippen LogP contribution in [0.2, 0.25) is 6.55 Å². The van der Waals surface area contributed by atoms with Crippen LogP contribution in [0.25, 0.3) is 0 Å². The molecule has 0 saturated carbocycles. The highest BCUT2D eigenvalue weighted by atomic mass is 28.4. The van der Waals surface area contributed by atoms with Gasteiger partial charge in [0, 0.05) is 26.4 Å². The lowest BCUT2D eigenvalue weighted by molar-refractivity contribution is 0.0622. The quantitative estimate of drug-likeness (QED) is 0.183. The molecular weight excluding hydrogens is 304 g/mol. The smallest absolute Gasteiger partial charge is 0.374 e. The molecule has 0 N–H and O–H groups in total. The number of allylic oxidation sites excluding steroid dienone is 3. The Bertz CT molecular complexity index is 259. The number of unbranched alkanes of at least 4 members (excludes halogenated alkanes) is 6. The van der Waals surface area contributed by atoms with Crippen LogP contribution in [0, 0.1) is 0 Å². The van der Waals surface area contributed by atoms with Crippen LogP contribution in [0.15, 0.2) is 38.0 Å². The highest BCUT2D eigenvalue weighted by Crippen LogP contribution is 2.14. The molecule has 0 fully saturated rings. The zero-order valence-corrected chi connectivity index (χ0v) is 16.1. The Labute approximate surface area is 144 Å². The van der Waals surface area contributed by atoms with Crippen molar-refractivity contribution in [3.8, 4) is 0 Å². The summed E-state index contributed by atoms with van der Waals surface area (Å²) in [5.41, 5.74) is 0. The molecule has 0 aliphatic heterocycles. The number of hydrogen-bond acceptors (Lipinski definition) is 3. The van der Waals surface area contributed by atoms with Gasteiger partial charge in [0.1, 0.15) is 0 Å². The zero-order valence-electron chi connectivity index (χ0n) is 15.1. The van der Waals surface area contributed by atoms with E-state index in [2.05, 4.69) is 19.7 Å². The molecule has 0 bridgehead atoms. The Morgan fingerprint density at radius 3 is 1.17 bits per heavy atom. The van der Waals surface area contributed by atoms with Gasteiger partial charge < -0.3 is 13.3 Å². The number of hydrogen-bond donors (Lipinski definition) is 0. The molecule has 3 nitrogen and oxygen atoms in total. The fourth-order valence-corrected chi connectivity index (χ4v) is 3.87. The Morgan fingerprint density at radius 1 is 0.609 bits per heavy atom. The third-order valence-corrected chi connectivity index (χ3v) is 5.69. The molecule has 0 aliphatic rings. The van der Waals surface area contributed by atoms with E-state index in [0.717, 1.165) is 57.8 Å². The summed E-state index contributed by atoms with van der Waals surface area (Å²) in [5, 5.41) is 0. The summed E-state index contributed by atoms with van der Waals surface area (Å²) in [6.45, 7) is 15.4. The summed E-state index contributed by atoms with van der Waals surface area (Å²) in [7, 11) is -2.51. The summed E-state index contributed by atoms with van der Waals surface area (Å²) in [5.74, 6) is 0. The Kier molecular flexibility index (Phi) is 15.7. The number of rotatable bonds is 18. The molecule has 0 unspecified atom stereocenters. The normalized spacial score (nSPS) is 11.3. The maximum atomic E-state index is 6.01. The SMILES string of the molecule is C=CCCCCO[Si](C)(OCCCCC=C)OCCCCC=C. The first-order valence-electron chi connectivity index (χ1n) is 8.93. The van der Waals surface area contributed by atoms with Gasteiger partial charge in [0.2, 0.25) is 0 Å². The molecular formula is C19H36O3Si. The maximum absolute atomic E-state index is 6.01. The average Bonchev–Trinajstić information content (AvgIpc) is 2.54. The molecule has 0 amide bonds. The van der Waals surface area contributed by atoms with Crippen molar-refractivity contribution >= 4 is 8.80 Å². The van der Waals surface area contributed by atoms with Crippen molar-refractivity contribution in [3.05, 3.63) is 38.0 Å². The van der Waals surface area contributed by atoms with Gasteiger partial charge in [-0.3, -0.25) is 0 Å². The first-order chi connectivity index (χ1) is 11.2. The minimum Gasteiger partial charge on any atom is -0.374 e. The fraction of sp³-hybridized carbons (Fsp3) is 0.684. The predicted molar refractivity (Wildman–Crippen MR) is 102 cm³/mol. The van der Waals surface area contributed by atoms with Gasteiger partial charge >= 0.3 is 8.80 Å². The summed E-state index contributed by atoms with van der Waals surface area (Å²) in [4.78, 5) is 0. The van der Waals surface area contributed by atoms with E-state index < -0.39 is 8.80 Å². The van der Waals surface area contributed by atoms with Crippen molar-refractivity contribution in [2.75, 3.05) is 19.8 Å². The third kappa shape index (κ3) is 14.6. The van der Waals surface area contributed by atoms with E-state index in [9.17, 15) is 0 Å². The molecule has 0 atom stereocenters. The molecule has 0 radical (unpaired) electrons. The summed E-state index contributed by atoms with van der Waals surface area (Å²) in [6.07, 6.45) is 15.3. The van der Waals surface area contributed by atoms with Crippen molar-refractivity contribution in [3.63, 3.8) is 0 Å². The summed E-state index contributed by atoms with van der Waals surface area (Å²) in [6, 6.07) is 0. The van der Waals surface area contributed by atoms with E-state index in [1.54, 1.807) is 0 Å². The minimum atomic E-state index is -2.51. The van der Waals surface area contributed by atoms with Crippen LogP contribution in [0.4, 0.5) is 0 Å². The van der Waals surface area contributed by atoms with E-state index in [-0.39, 0.29) is 0 Å². The van der Waals surface area contributed by atoms with Gasteiger partial charge in [0.25, 0.3) is 0 Å². The molecule has 134 valence electrons. The second kappa shape index (κ2) is 16.2. The standard InChI is InChI=1S/C19H36O3Si/c1-5-8-11-14-17-20-23(4,21-18-15-12-9-6-2)22-19-16-13-10-7-3/h5-7H,1-3,8-19H2,4H3. The lowest BCUT2D eigenvalue weighted by Crippen LogP contribution is -2.43. The lowest BCUT2D eigenvalue weighted by atomic mass is 10.2. The van der Waals surface area contributed by atoms with Gasteiger partial charge in [-0.1, -0.05) is 18.2 Å². The lowest BCUT2D eigenvalue weighted by Gasteiger charge is -2.26. The van der Waals surface area contributed by atoms with E-state index in [1.165, 1.54) is 0 Å². The first-order valence-corrected chi connectivity index (χ1v) is 11.2. The van der Waals surface area contributed by atoms with Crippen LogP contribution in [-0.4, -0.2) is 28.6 Å². The second-order valence-corrected chi connectivity index (χ2v) is 8.35. The summed E-state index contributed by atoms with van der Waals surface area (Å²) >= 11 is 0. The van der Waals surface area contributed by atoms with E-state index in [1.807, 2.05) is 24.8 Å². The van der Waals surface area contributed by atoms with Crippen molar-refractivity contribution < 1.29 is 13.3 Å². The predicted octanol–water partition coefficient (Wildman–Crippen LogP) is 5.67. The zero-order chi connectivity index (χ0) is 17.2. The topological polar surface area (TPSA) is 27.7 Å². The fourth-order valence-electron chi connectivity index (χ4n) is 2.07. The second-order valence-electron chi connectivity index (χ2n) is 5.76. The Hall–Kier alpha value is -0.683. The van der Waals surface area contributed by atoms with Gasteiger partial charge in [-0.2, -0.15) is 0 Å². The van der Waals surface area contributed by atoms with Gasteiger partial charge in [0.05, 0.1) is 0 Å². The molecule has 0 aromatic heterocycles. The molecule has 0 spiro atoms. The monoisotopic (exact) mass is 340 g/mol. The molecule has 0 heterocycles. The van der Waals surface area contributed by atoms with Crippen LogP contribution < -0.4 is 0 Å². The van der Waals surface area contributed by atoms with E-state index in [4.69, 9.17) is 13.3 Å². The molecule has 0 saturated heterocycles. The van der Waals surface area contributed by atoms with Crippen molar-refractivity contribution in [2.45, 2.75) is 64.3 Å². The van der Waals surface area contributed by atoms with Gasteiger partial charge in [0.15, 0.2) is 0 Å². The van der Waals surface area contributed by atoms with Gasteiger partial charge in [-0.05, 0) is 57.8 Å². The Morgan fingerprint density at radius 2 is 0.913 bits per heavy atom. The summed E-state index contributed by atoms with van der Waals surface area (Å²) < 4.78 is 18.0. The first kappa shape index (κ1) is 22.3. The third-order valence-electron chi connectivity index (χ3n) is 3.50. The van der Waals surface area contributed by atoms with E-state index >= 15 is 0 Å². The Balaban J connectivity index is 4.07. The van der Waals surface area contributed by atoms with Crippen LogP contribution in [0.3, 0.4) is 0 Å². The van der Waals surface area contributed by atoms with Crippen LogP contribution in [-0.2, 0) is 13.3 Å². The van der Waals surface area contributed by atoms with Crippen LogP contribution in [0.1, 0.15) is 57.8 Å². The average molecular weight is 341 g/mol. The molecule has 0 rings (SSSR count). The molecule has 0 aromatic carbocycles. The van der Waals surface area contributed by atoms with Crippen molar-refractivity contribution in [1.29, 1.82) is 0 Å². The molecule has 0 aliphatic carbocycles. The van der Waals surface area contributed by atoms with E-state index in [0.29, 0.717) is 19.8 Å². The molecule has 23 heavy (non-hydrogen) atoms. The van der Waals surface area contributed by atoms with Gasteiger partial charge in [-0.15, -0.1) is 19.7 Å². The van der Waals surface area contributed by atoms with Crippen molar-refractivity contribution in [1.82, 2.24) is 0 Å².